The first-order valence-electron chi connectivity index (χ1n) is 8.12. The molecule has 0 atom stereocenters. The number of rotatable bonds is 7. The summed E-state index contributed by atoms with van der Waals surface area (Å²) in [6.07, 6.45) is 0. The highest BCUT2D eigenvalue weighted by molar-refractivity contribution is 9.10. The van der Waals surface area contributed by atoms with Gasteiger partial charge in [-0.05, 0) is 36.4 Å². The highest BCUT2D eigenvalue weighted by Crippen LogP contribution is 2.18. The van der Waals surface area contributed by atoms with Crippen LogP contribution in [0.4, 0.5) is 5.69 Å². The van der Waals surface area contributed by atoms with Crippen molar-refractivity contribution >= 4 is 39.3 Å². The number of halogens is 1. The van der Waals surface area contributed by atoms with Crippen LogP contribution in [0, 0.1) is 0 Å². The molecular formula is C19H20BrN3O4. The summed E-state index contributed by atoms with van der Waals surface area (Å²) < 4.78 is 6.40. The number of carbonyl (C=O) groups is 3. The normalized spacial score (nSPS) is 10.0. The molecule has 27 heavy (non-hydrogen) atoms. The molecule has 0 saturated carbocycles. The number of amides is 3. The molecule has 3 amide bonds. The SMILES string of the molecule is CN(C)C(=O)CNC(=O)c1ccccc1OCC(=O)Nc1ccc(Br)cc1. The van der Waals surface area contributed by atoms with Crippen molar-refractivity contribution in [2.45, 2.75) is 0 Å². The highest BCUT2D eigenvalue weighted by Gasteiger charge is 2.15. The van der Waals surface area contributed by atoms with Crippen LogP contribution in [-0.2, 0) is 9.59 Å². The predicted octanol–water partition coefficient (Wildman–Crippen LogP) is 2.28. The fourth-order valence-electron chi connectivity index (χ4n) is 2.06. The number of benzene rings is 2. The molecule has 0 heterocycles. The van der Waals surface area contributed by atoms with E-state index >= 15 is 0 Å². The van der Waals surface area contributed by atoms with E-state index in [1.165, 1.54) is 4.90 Å². The second-order valence-corrected chi connectivity index (χ2v) is 6.73. The number of nitrogens with one attached hydrogen (secondary N) is 2. The third-order valence-electron chi connectivity index (χ3n) is 3.52. The van der Waals surface area contributed by atoms with Crippen molar-refractivity contribution in [3.05, 3.63) is 58.6 Å². The van der Waals surface area contributed by atoms with Gasteiger partial charge < -0.3 is 20.3 Å². The van der Waals surface area contributed by atoms with Gasteiger partial charge in [-0.2, -0.15) is 0 Å². The molecule has 0 aliphatic rings. The lowest BCUT2D eigenvalue weighted by molar-refractivity contribution is -0.127. The minimum absolute atomic E-state index is 0.121. The largest absolute Gasteiger partial charge is 0.483 e. The molecule has 0 fully saturated rings. The Morgan fingerprint density at radius 1 is 1.04 bits per heavy atom. The summed E-state index contributed by atoms with van der Waals surface area (Å²) in [5.41, 5.74) is 0.889. The van der Waals surface area contributed by atoms with Gasteiger partial charge in [0.25, 0.3) is 11.8 Å². The van der Waals surface area contributed by atoms with Crippen molar-refractivity contribution in [2.75, 3.05) is 32.6 Å². The zero-order valence-electron chi connectivity index (χ0n) is 15.0. The lowest BCUT2D eigenvalue weighted by Gasteiger charge is -2.13. The quantitative estimate of drug-likeness (QED) is 0.700. The van der Waals surface area contributed by atoms with Crippen molar-refractivity contribution in [1.82, 2.24) is 10.2 Å². The van der Waals surface area contributed by atoms with E-state index in [4.69, 9.17) is 4.74 Å². The molecule has 8 heteroatoms. The van der Waals surface area contributed by atoms with E-state index < -0.39 is 5.91 Å². The summed E-state index contributed by atoms with van der Waals surface area (Å²) in [5, 5.41) is 5.24. The number of anilines is 1. The first-order chi connectivity index (χ1) is 12.9. The van der Waals surface area contributed by atoms with Crippen molar-refractivity contribution < 1.29 is 19.1 Å². The van der Waals surface area contributed by atoms with Crippen LogP contribution < -0.4 is 15.4 Å². The molecule has 0 aromatic heterocycles. The Morgan fingerprint density at radius 3 is 2.37 bits per heavy atom. The van der Waals surface area contributed by atoms with Crippen LogP contribution in [0.1, 0.15) is 10.4 Å². The fourth-order valence-corrected chi connectivity index (χ4v) is 2.33. The van der Waals surface area contributed by atoms with E-state index in [1.54, 1.807) is 50.5 Å². The molecule has 0 spiro atoms. The fraction of sp³-hybridized carbons (Fsp3) is 0.211. The van der Waals surface area contributed by atoms with E-state index in [2.05, 4.69) is 26.6 Å². The highest BCUT2D eigenvalue weighted by atomic mass is 79.9. The zero-order chi connectivity index (χ0) is 19.8. The van der Waals surface area contributed by atoms with E-state index in [1.807, 2.05) is 12.1 Å². The van der Waals surface area contributed by atoms with E-state index in [-0.39, 0.29) is 36.3 Å². The predicted molar refractivity (Wildman–Crippen MR) is 106 cm³/mol. The van der Waals surface area contributed by atoms with Gasteiger partial charge in [0, 0.05) is 24.3 Å². The standard InChI is InChI=1S/C19H20BrN3O4/c1-23(2)18(25)11-21-19(26)15-5-3-4-6-16(15)27-12-17(24)22-14-9-7-13(20)8-10-14/h3-10H,11-12H2,1-2H3,(H,21,26)(H,22,24). The summed E-state index contributed by atoms with van der Waals surface area (Å²) in [6, 6.07) is 13.7. The molecule has 2 aromatic rings. The number of nitrogens with zero attached hydrogens (tertiary/aromatic N) is 1. The Balaban J connectivity index is 1.94. The molecule has 0 aliphatic carbocycles. The van der Waals surface area contributed by atoms with Crippen LogP contribution in [0.2, 0.25) is 0 Å². The lowest BCUT2D eigenvalue weighted by atomic mass is 10.2. The third-order valence-corrected chi connectivity index (χ3v) is 4.05. The summed E-state index contributed by atoms with van der Waals surface area (Å²) >= 11 is 3.32. The Labute approximate surface area is 165 Å². The number of ether oxygens (including phenoxy) is 1. The molecule has 0 radical (unpaired) electrons. The molecule has 2 N–H and O–H groups in total. The van der Waals surface area contributed by atoms with Crippen LogP contribution in [0.5, 0.6) is 5.75 Å². The number of para-hydroxylation sites is 1. The molecule has 0 unspecified atom stereocenters. The van der Waals surface area contributed by atoms with Crippen LogP contribution in [0.15, 0.2) is 53.0 Å². The number of carbonyl (C=O) groups excluding carboxylic acids is 3. The summed E-state index contributed by atoms with van der Waals surface area (Å²) in [7, 11) is 3.21. The molecule has 2 rings (SSSR count). The van der Waals surface area contributed by atoms with Crippen molar-refractivity contribution in [3.8, 4) is 5.75 Å². The molecule has 0 aliphatic heterocycles. The maximum atomic E-state index is 12.3. The monoisotopic (exact) mass is 433 g/mol. The minimum atomic E-state index is -0.450. The summed E-state index contributed by atoms with van der Waals surface area (Å²) in [5.74, 6) is -0.765. The van der Waals surface area contributed by atoms with Gasteiger partial charge in [-0.25, -0.2) is 0 Å². The van der Waals surface area contributed by atoms with Crippen molar-refractivity contribution in [2.24, 2.45) is 0 Å². The van der Waals surface area contributed by atoms with Gasteiger partial charge in [-0.3, -0.25) is 14.4 Å². The maximum absolute atomic E-state index is 12.3. The van der Waals surface area contributed by atoms with Gasteiger partial charge in [-0.1, -0.05) is 28.1 Å². The van der Waals surface area contributed by atoms with Crippen LogP contribution >= 0.6 is 15.9 Å². The molecule has 2 aromatic carbocycles. The molecular weight excluding hydrogens is 414 g/mol. The van der Waals surface area contributed by atoms with E-state index in [0.717, 1.165) is 4.47 Å². The first kappa shape index (κ1) is 20.4. The zero-order valence-corrected chi connectivity index (χ0v) is 16.6. The Hall–Kier alpha value is -2.87. The van der Waals surface area contributed by atoms with Gasteiger partial charge in [0.2, 0.25) is 5.91 Å². The van der Waals surface area contributed by atoms with Gasteiger partial charge in [0.15, 0.2) is 6.61 Å². The summed E-state index contributed by atoms with van der Waals surface area (Å²) in [4.78, 5) is 37.3. The Morgan fingerprint density at radius 2 is 1.70 bits per heavy atom. The minimum Gasteiger partial charge on any atom is -0.483 e. The van der Waals surface area contributed by atoms with Gasteiger partial charge in [0.1, 0.15) is 5.75 Å². The van der Waals surface area contributed by atoms with Gasteiger partial charge in [0.05, 0.1) is 12.1 Å². The molecule has 0 saturated heterocycles. The second-order valence-electron chi connectivity index (χ2n) is 5.81. The molecule has 142 valence electrons. The van der Waals surface area contributed by atoms with Crippen LogP contribution in [0.3, 0.4) is 0 Å². The Bertz CT molecular complexity index is 822. The van der Waals surface area contributed by atoms with Gasteiger partial charge in [-0.15, -0.1) is 0 Å². The average Bonchev–Trinajstić information content (AvgIpc) is 2.66. The van der Waals surface area contributed by atoms with Gasteiger partial charge >= 0.3 is 0 Å². The van der Waals surface area contributed by atoms with E-state index in [0.29, 0.717) is 5.69 Å². The first-order valence-corrected chi connectivity index (χ1v) is 8.91. The molecule has 7 nitrogen and oxygen atoms in total. The van der Waals surface area contributed by atoms with Crippen LogP contribution in [-0.4, -0.2) is 49.9 Å². The third kappa shape index (κ3) is 6.41. The second kappa shape index (κ2) is 9.72. The number of hydrogen-bond acceptors (Lipinski definition) is 4. The maximum Gasteiger partial charge on any atom is 0.262 e. The van der Waals surface area contributed by atoms with E-state index in [9.17, 15) is 14.4 Å². The lowest BCUT2D eigenvalue weighted by Crippen LogP contribution is -2.36. The Kier molecular flexibility index (Phi) is 7.36. The summed E-state index contributed by atoms with van der Waals surface area (Å²) in [6.45, 7) is -0.374. The molecule has 0 bridgehead atoms. The average molecular weight is 434 g/mol. The smallest absolute Gasteiger partial charge is 0.262 e. The van der Waals surface area contributed by atoms with Crippen molar-refractivity contribution in [1.29, 1.82) is 0 Å². The topological polar surface area (TPSA) is 87.7 Å². The number of hydrogen-bond donors (Lipinski definition) is 2. The van der Waals surface area contributed by atoms with Crippen LogP contribution in [0.25, 0.3) is 0 Å². The number of likely N-dealkylation sites (N-methyl/N-ethyl adjacent to an activating group) is 1. The van der Waals surface area contributed by atoms with Crippen molar-refractivity contribution in [3.63, 3.8) is 0 Å².